The largest absolute Gasteiger partial charge is 0.478 e. The van der Waals surface area contributed by atoms with E-state index in [-0.39, 0.29) is 52.9 Å². The number of aromatic carboxylic acids is 1. The number of esters is 1. The third-order valence-corrected chi connectivity index (χ3v) is 7.99. The second-order valence-electron chi connectivity index (χ2n) is 5.47. The minimum absolute atomic E-state index is 0.129. The first kappa shape index (κ1) is 24.0. The van der Waals surface area contributed by atoms with E-state index >= 15 is 0 Å². The lowest BCUT2D eigenvalue weighted by atomic mass is 10.0. The quantitative estimate of drug-likeness (QED) is 0.166. The first-order valence-electron chi connectivity index (χ1n) is 7.20. The van der Waals surface area contributed by atoms with Crippen molar-refractivity contribution in [2.24, 2.45) is 0 Å². The number of rotatable bonds is 9. The summed E-state index contributed by atoms with van der Waals surface area (Å²) in [5.74, 6) is -2.22. The number of carboxylic acid groups (broad SMARTS) is 1. The van der Waals surface area contributed by atoms with Crippen LogP contribution in [0.4, 0.5) is 0 Å². The number of benzene rings is 1. The van der Waals surface area contributed by atoms with Gasteiger partial charge in [-0.2, -0.15) is 0 Å². The Labute approximate surface area is 183 Å². The third kappa shape index (κ3) is 6.25. The minimum Gasteiger partial charge on any atom is -0.478 e. The van der Waals surface area contributed by atoms with Gasteiger partial charge < -0.3 is 24.8 Å². The predicted octanol–water partition coefficient (Wildman–Crippen LogP) is 3.74. The van der Waals surface area contributed by atoms with Gasteiger partial charge in [-0.05, 0) is 70.6 Å². The van der Waals surface area contributed by atoms with Crippen LogP contribution in [-0.4, -0.2) is 59.3 Å². The topological polar surface area (TPSA) is 113 Å². The van der Waals surface area contributed by atoms with Gasteiger partial charge in [-0.3, -0.25) is 0 Å². The molecule has 146 valence electrons. The molecule has 3 N–H and O–H groups in total. The van der Waals surface area contributed by atoms with Crippen LogP contribution in [0.5, 0.6) is 0 Å². The summed E-state index contributed by atoms with van der Waals surface area (Å²) in [6, 6.07) is 0. The fourth-order valence-electron chi connectivity index (χ4n) is 1.85. The van der Waals surface area contributed by atoms with Crippen LogP contribution in [0.25, 0.3) is 0 Å². The zero-order chi connectivity index (χ0) is 20.1. The summed E-state index contributed by atoms with van der Waals surface area (Å²) in [4.78, 5) is 24.1. The zero-order valence-corrected chi connectivity index (χ0v) is 19.9. The lowest BCUT2D eigenvalue weighted by Gasteiger charge is -2.23. The first-order chi connectivity index (χ1) is 12.0. The summed E-state index contributed by atoms with van der Waals surface area (Å²) in [5.41, 5.74) is -1.83. The fraction of sp³-hybridized carbons (Fsp3) is 0.467. The molecule has 0 saturated heterocycles. The van der Waals surface area contributed by atoms with E-state index in [2.05, 4.69) is 63.7 Å². The lowest BCUT2D eigenvalue weighted by Crippen LogP contribution is -2.34. The summed E-state index contributed by atoms with van der Waals surface area (Å²) in [7, 11) is 0. The Balaban J connectivity index is 2.99. The molecule has 0 aliphatic carbocycles. The highest BCUT2D eigenvalue weighted by Gasteiger charge is 2.30. The summed E-state index contributed by atoms with van der Waals surface area (Å²) in [6.45, 7) is 1.29. The summed E-state index contributed by atoms with van der Waals surface area (Å²) >= 11 is 12.8. The summed E-state index contributed by atoms with van der Waals surface area (Å²) in [5, 5.41) is 28.3. The number of hydrogen-bond acceptors (Lipinski definition) is 6. The smallest absolute Gasteiger partial charge is 0.340 e. The molecule has 1 atom stereocenters. The number of aliphatic hydroxyl groups excluding tert-OH is 1. The number of aliphatic hydroxyl groups is 2. The first-order valence-corrected chi connectivity index (χ1v) is 10.4. The Bertz CT molecular complexity index is 691. The summed E-state index contributed by atoms with van der Waals surface area (Å²) in [6.07, 6.45) is 0.168. The number of hydrogen-bond donors (Lipinski definition) is 3. The van der Waals surface area contributed by atoms with Gasteiger partial charge in [0.2, 0.25) is 0 Å². The number of carbonyl (C=O) groups is 2. The van der Waals surface area contributed by atoms with Crippen LogP contribution in [0.3, 0.4) is 0 Å². The monoisotopic (exact) mass is 624 g/mol. The molecule has 0 aliphatic heterocycles. The van der Waals surface area contributed by atoms with Crippen molar-refractivity contribution in [3.8, 4) is 0 Å². The van der Waals surface area contributed by atoms with Gasteiger partial charge in [-0.25, -0.2) is 9.59 Å². The minimum atomic E-state index is -1.37. The van der Waals surface area contributed by atoms with Gasteiger partial charge in [0.25, 0.3) is 0 Å². The molecule has 0 spiro atoms. The van der Waals surface area contributed by atoms with Crippen molar-refractivity contribution in [1.29, 1.82) is 0 Å². The Morgan fingerprint density at radius 1 is 1.00 bits per heavy atom. The van der Waals surface area contributed by atoms with E-state index < -0.39 is 17.5 Å². The van der Waals surface area contributed by atoms with Crippen LogP contribution in [-0.2, 0) is 9.47 Å². The maximum Gasteiger partial charge on any atom is 0.340 e. The fourth-order valence-corrected chi connectivity index (χ4v) is 4.30. The Morgan fingerprint density at radius 2 is 1.54 bits per heavy atom. The molecule has 26 heavy (non-hydrogen) atoms. The molecule has 11 heteroatoms. The van der Waals surface area contributed by atoms with Crippen LogP contribution >= 0.6 is 63.7 Å². The molecule has 1 aromatic rings. The average Bonchev–Trinajstić information content (AvgIpc) is 2.57. The van der Waals surface area contributed by atoms with E-state index in [9.17, 15) is 19.8 Å². The van der Waals surface area contributed by atoms with Gasteiger partial charge in [0.1, 0.15) is 6.61 Å². The average molecular weight is 628 g/mol. The summed E-state index contributed by atoms with van der Waals surface area (Å²) < 4.78 is 11.4. The standard InChI is InChI=1S/C15H16Br4O7/c1-15(24,2-4-25-5-3-20)6-26-14(23)8-7(13(21)22)9(16)11(18)12(19)10(8)17/h20,24H,2-6H2,1H3,(H,21,22). The molecule has 0 bridgehead atoms. The molecular formula is C15H16Br4O7. The van der Waals surface area contributed by atoms with Gasteiger partial charge in [0.15, 0.2) is 0 Å². The molecule has 0 radical (unpaired) electrons. The van der Waals surface area contributed by atoms with Gasteiger partial charge in [-0.15, -0.1) is 0 Å². The molecule has 1 unspecified atom stereocenters. The molecular weight excluding hydrogens is 612 g/mol. The zero-order valence-electron chi connectivity index (χ0n) is 13.5. The second kappa shape index (κ2) is 10.5. The SMILES string of the molecule is CC(O)(CCOCCO)COC(=O)c1c(Br)c(Br)c(Br)c(Br)c1C(=O)O. The highest BCUT2D eigenvalue weighted by molar-refractivity contribution is 9.15. The van der Waals surface area contributed by atoms with Crippen molar-refractivity contribution < 1.29 is 34.4 Å². The van der Waals surface area contributed by atoms with Gasteiger partial charge in [-0.1, -0.05) is 0 Å². The maximum absolute atomic E-state index is 12.5. The second-order valence-corrected chi connectivity index (χ2v) is 8.64. The Morgan fingerprint density at radius 3 is 2.04 bits per heavy atom. The number of carbonyl (C=O) groups excluding carboxylic acids is 1. The Hall–Kier alpha value is -0.0400. The highest BCUT2D eigenvalue weighted by atomic mass is 79.9. The number of ether oxygens (including phenoxy) is 2. The van der Waals surface area contributed by atoms with Crippen LogP contribution in [0.2, 0.25) is 0 Å². The molecule has 7 nitrogen and oxygen atoms in total. The van der Waals surface area contributed by atoms with Crippen LogP contribution in [0.15, 0.2) is 17.9 Å². The van der Waals surface area contributed by atoms with Crippen molar-refractivity contribution in [2.75, 3.05) is 26.4 Å². The van der Waals surface area contributed by atoms with E-state index in [0.717, 1.165) is 0 Å². The van der Waals surface area contributed by atoms with Crippen molar-refractivity contribution >= 4 is 75.7 Å². The van der Waals surface area contributed by atoms with E-state index in [1.807, 2.05) is 0 Å². The van der Waals surface area contributed by atoms with E-state index in [0.29, 0.717) is 8.95 Å². The molecule has 1 rings (SSSR count). The molecule has 0 aromatic heterocycles. The van der Waals surface area contributed by atoms with Crippen molar-refractivity contribution in [3.63, 3.8) is 0 Å². The predicted molar refractivity (Wildman–Crippen MR) is 108 cm³/mol. The molecule has 1 aromatic carbocycles. The third-order valence-electron chi connectivity index (χ3n) is 3.22. The molecule has 0 saturated carbocycles. The maximum atomic E-state index is 12.5. The highest BCUT2D eigenvalue weighted by Crippen LogP contribution is 2.42. The van der Waals surface area contributed by atoms with Gasteiger partial charge in [0.05, 0.1) is 29.9 Å². The number of halogens is 4. The van der Waals surface area contributed by atoms with Crippen molar-refractivity contribution in [3.05, 3.63) is 29.0 Å². The van der Waals surface area contributed by atoms with E-state index in [1.165, 1.54) is 6.92 Å². The van der Waals surface area contributed by atoms with E-state index in [4.69, 9.17) is 14.6 Å². The molecule has 0 aliphatic rings. The van der Waals surface area contributed by atoms with Crippen molar-refractivity contribution in [1.82, 2.24) is 0 Å². The van der Waals surface area contributed by atoms with Crippen LogP contribution in [0, 0.1) is 0 Å². The molecule has 0 heterocycles. The van der Waals surface area contributed by atoms with Gasteiger partial charge in [0, 0.05) is 30.9 Å². The van der Waals surface area contributed by atoms with Crippen LogP contribution in [0.1, 0.15) is 34.1 Å². The number of carboxylic acids is 1. The Kier molecular flexibility index (Phi) is 9.68. The van der Waals surface area contributed by atoms with E-state index in [1.54, 1.807) is 0 Å². The van der Waals surface area contributed by atoms with Crippen molar-refractivity contribution in [2.45, 2.75) is 18.9 Å². The lowest BCUT2D eigenvalue weighted by molar-refractivity contribution is -0.0420. The van der Waals surface area contributed by atoms with Gasteiger partial charge >= 0.3 is 11.9 Å². The normalized spacial score (nSPS) is 13.3. The molecule has 0 amide bonds. The molecule has 0 fully saturated rings. The van der Waals surface area contributed by atoms with Crippen LogP contribution < -0.4 is 0 Å².